The molecule has 1 heterocycles. The van der Waals surface area contributed by atoms with E-state index in [1.54, 1.807) is 19.9 Å². The Morgan fingerprint density at radius 2 is 2.21 bits per heavy atom. The van der Waals surface area contributed by atoms with Gasteiger partial charge in [0.15, 0.2) is 0 Å². The topological polar surface area (TPSA) is 69.6 Å². The lowest BCUT2D eigenvalue weighted by molar-refractivity contribution is -0.151. The molecule has 0 aliphatic carbocycles. The summed E-state index contributed by atoms with van der Waals surface area (Å²) >= 11 is 0. The van der Waals surface area contributed by atoms with Gasteiger partial charge in [-0.05, 0) is 39.2 Å². The molecule has 19 heavy (non-hydrogen) atoms. The minimum absolute atomic E-state index is 0.0336. The van der Waals surface area contributed by atoms with Crippen LogP contribution in [0.15, 0.2) is 12.7 Å². The summed E-state index contributed by atoms with van der Waals surface area (Å²) in [6.07, 6.45) is 3.49. The Morgan fingerprint density at radius 3 is 2.79 bits per heavy atom. The van der Waals surface area contributed by atoms with Crippen LogP contribution in [0.25, 0.3) is 0 Å². The third-order valence-electron chi connectivity index (χ3n) is 3.89. The Kier molecular flexibility index (Phi) is 5.54. The molecular formula is C14H24N2O3. The van der Waals surface area contributed by atoms with Gasteiger partial charge >= 0.3 is 5.97 Å². The van der Waals surface area contributed by atoms with Gasteiger partial charge in [-0.15, -0.1) is 6.58 Å². The third-order valence-corrected chi connectivity index (χ3v) is 3.89. The molecule has 0 radical (unpaired) electrons. The maximum absolute atomic E-state index is 11.6. The number of amides is 1. The van der Waals surface area contributed by atoms with Gasteiger partial charge in [-0.3, -0.25) is 14.5 Å². The summed E-state index contributed by atoms with van der Waals surface area (Å²) in [5.74, 6) is -0.713. The lowest BCUT2D eigenvalue weighted by Crippen LogP contribution is -2.47. The number of rotatable bonds is 6. The van der Waals surface area contributed by atoms with Crippen molar-refractivity contribution in [1.82, 2.24) is 10.2 Å². The molecule has 0 aromatic rings. The first-order chi connectivity index (χ1) is 8.87. The standard InChI is InChI=1S/C14H24N2O3/c1-4-7-15-12(17)10-16-8-5-6-11(9-16)14(2,3)13(18)19/h4,11H,1,5-10H2,2-3H3,(H,15,17)(H,18,19). The van der Waals surface area contributed by atoms with Crippen molar-refractivity contribution in [3.05, 3.63) is 12.7 Å². The number of carboxylic acids is 1. The predicted octanol–water partition coefficient (Wildman–Crippen LogP) is 1.11. The number of piperidine rings is 1. The van der Waals surface area contributed by atoms with Crippen molar-refractivity contribution in [2.24, 2.45) is 11.3 Å². The lowest BCUT2D eigenvalue weighted by Gasteiger charge is -2.38. The second-order valence-electron chi connectivity index (χ2n) is 5.69. The number of likely N-dealkylation sites (tertiary alicyclic amines) is 1. The van der Waals surface area contributed by atoms with E-state index in [1.165, 1.54) is 0 Å². The highest BCUT2D eigenvalue weighted by Gasteiger charge is 2.39. The van der Waals surface area contributed by atoms with Crippen molar-refractivity contribution in [3.8, 4) is 0 Å². The second-order valence-corrected chi connectivity index (χ2v) is 5.69. The van der Waals surface area contributed by atoms with Crippen LogP contribution in [0.4, 0.5) is 0 Å². The average molecular weight is 268 g/mol. The molecule has 1 aliphatic heterocycles. The van der Waals surface area contributed by atoms with Gasteiger partial charge < -0.3 is 10.4 Å². The highest BCUT2D eigenvalue weighted by atomic mass is 16.4. The van der Waals surface area contributed by atoms with Crippen LogP contribution in [-0.4, -0.2) is 48.1 Å². The van der Waals surface area contributed by atoms with Crippen molar-refractivity contribution >= 4 is 11.9 Å². The van der Waals surface area contributed by atoms with Gasteiger partial charge in [0, 0.05) is 13.1 Å². The van der Waals surface area contributed by atoms with Crippen LogP contribution in [0.3, 0.4) is 0 Å². The summed E-state index contributed by atoms with van der Waals surface area (Å²) < 4.78 is 0. The normalized spacial score (nSPS) is 20.8. The summed E-state index contributed by atoms with van der Waals surface area (Å²) in [7, 11) is 0. The van der Waals surface area contributed by atoms with Crippen LogP contribution >= 0.6 is 0 Å². The Balaban J connectivity index is 2.53. The highest BCUT2D eigenvalue weighted by molar-refractivity contribution is 5.78. The van der Waals surface area contributed by atoms with Crippen molar-refractivity contribution in [3.63, 3.8) is 0 Å². The van der Waals surface area contributed by atoms with E-state index in [4.69, 9.17) is 0 Å². The molecule has 0 spiro atoms. The number of nitrogens with one attached hydrogen (secondary N) is 1. The molecule has 0 bridgehead atoms. The molecule has 1 unspecified atom stereocenters. The van der Waals surface area contributed by atoms with E-state index in [0.717, 1.165) is 19.4 Å². The molecule has 1 saturated heterocycles. The fraction of sp³-hybridized carbons (Fsp3) is 0.714. The lowest BCUT2D eigenvalue weighted by atomic mass is 9.74. The predicted molar refractivity (Wildman–Crippen MR) is 73.8 cm³/mol. The smallest absolute Gasteiger partial charge is 0.309 e. The van der Waals surface area contributed by atoms with Crippen LogP contribution < -0.4 is 5.32 Å². The monoisotopic (exact) mass is 268 g/mol. The Labute approximate surface area is 114 Å². The number of carbonyl (C=O) groups is 2. The van der Waals surface area contributed by atoms with Crippen LogP contribution in [0.2, 0.25) is 0 Å². The van der Waals surface area contributed by atoms with Gasteiger partial charge in [-0.25, -0.2) is 0 Å². The van der Waals surface area contributed by atoms with Gasteiger partial charge in [0.25, 0.3) is 0 Å². The molecular weight excluding hydrogens is 244 g/mol. The zero-order chi connectivity index (χ0) is 14.5. The second kappa shape index (κ2) is 6.70. The largest absolute Gasteiger partial charge is 0.481 e. The number of hydrogen-bond acceptors (Lipinski definition) is 3. The van der Waals surface area contributed by atoms with E-state index in [2.05, 4.69) is 11.9 Å². The first kappa shape index (κ1) is 15.7. The summed E-state index contributed by atoms with van der Waals surface area (Å²) in [6.45, 7) is 9.40. The van der Waals surface area contributed by atoms with E-state index in [0.29, 0.717) is 19.6 Å². The zero-order valence-electron chi connectivity index (χ0n) is 11.8. The Morgan fingerprint density at radius 1 is 1.53 bits per heavy atom. The number of carbonyl (C=O) groups excluding carboxylic acids is 1. The van der Waals surface area contributed by atoms with Crippen molar-refractivity contribution in [2.75, 3.05) is 26.2 Å². The first-order valence-electron chi connectivity index (χ1n) is 6.71. The molecule has 1 aliphatic rings. The molecule has 1 rings (SSSR count). The summed E-state index contributed by atoms with van der Waals surface area (Å²) in [5, 5.41) is 12.0. The number of nitrogens with zero attached hydrogens (tertiary/aromatic N) is 1. The van der Waals surface area contributed by atoms with Gasteiger partial charge in [0.1, 0.15) is 0 Å². The summed E-state index contributed by atoms with van der Waals surface area (Å²) in [6, 6.07) is 0. The van der Waals surface area contributed by atoms with Crippen LogP contribution in [0, 0.1) is 11.3 Å². The molecule has 2 N–H and O–H groups in total. The minimum Gasteiger partial charge on any atom is -0.481 e. The molecule has 1 atom stereocenters. The van der Waals surface area contributed by atoms with Crippen LogP contribution in [-0.2, 0) is 9.59 Å². The van der Waals surface area contributed by atoms with Crippen molar-refractivity contribution in [2.45, 2.75) is 26.7 Å². The highest BCUT2D eigenvalue weighted by Crippen LogP contribution is 2.34. The Bertz CT molecular complexity index is 353. The molecule has 5 nitrogen and oxygen atoms in total. The van der Waals surface area contributed by atoms with Crippen LogP contribution in [0.5, 0.6) is 0 Å². The van der Waals surface area contributed by atoms with Crippen LogP contribution in [0.1, 0.15) is 26.7 Å². The van der Waals surface area contributed by atoms with E-state index in [1.807, 2.05) is 4.90 Å². The minimum atomic E-state index is -0.768. The molecule has 0 aromatic heterocycles. The first-order valence-corrected chi connectivity index (χ1v) is 6.71. The SMILES string of the molecule is C=CCNC(=O)CN1CCCC(C(C)(C)C(=O)O)C1. The van der Waals surface area contributed by atoms with Gasteiger partial charge in [-0.1, -0.05) is 6.08 Å². The van der Waals surface area contributed by atoms with Crippen molar-refractivity contribution in [1.29, 1.82) is 0 Å². The molecule has 1 amide bonds. The molecule has 0 saturated carbocycles. The maximum atomic E-state index is 11.6. The zero-order valence-corrected chi connectivity index (χ0v) is 11.8. The summed E-state index contributed by atoms with van der Waals surface area (Å²) in [4.78, 5) is 25.0. The van der Waals surface area contributed by atoms with E-state index < -0.39 is 11.4 Å². The Hall–Kier alpha value is -1.36. The fourth-order valence-electron chi connectivity index (χ4n) is 2.41. The van der Waals surface area contributed by atoms with Crippen molar-refractivity contribution < 1.29 is 14.7 Å². The van der Waals surface area contributed by atoms with E-state index in [-0.39, 0.29) is 11.8 Å². The maximum Gasteiger partial charge on any atom is 0.309 e. The molecule has 1 fully saturated rings. The molecule has 5 heteroatoms. The van der Waals surface area contributed by atoms with Gasteiger partial charge in [-0.2, -0.15) is 0 Å². The number of carboxylic acid groups (broad SMARTS) is 1. The van der Waals surface area contributed by atoms with E-state index in [9.17, 15) is 14.7 Å². The number of aliphatic carboxylic acids is 1. The fourth-order valence-corrected chi connectivity index (χ4v) is 2.41. The average Bonchev–Trinajstić information content (AvgIpc) is 2.36. The number of hydrogen-bond donors (Lipinski definition) is 2. The quantitative estimate of drug-likeness (QED) is 0.708. The summed E-state index contributed by atoms with van der Waals surface area (Å²) in [5.41, 5.74) is -0.740. The van der Waals surface area contributed by atoms with Gasteiger partial charge in [0.2, 0.25) is 5.91 Å². The molecule has 0 aromatic carbocycles. The third kappa shape index (κ3) is 4.35. The molecule has 108 valence electrons. The van der Waals surface area contributed by atoms with E-state index >= 15 is 0 Å². The van der Waals surface area contributed by atoms with Gasteiger partial charge in [0.05, 0.1) is 12.0 Å².